The van der Waals surface area contributed by atoms with Crippen molar-refractivity contribution in [3.8, 4) is 0 Å². The van der Waals surface area contributed by atoms with Crippen LogP contribution in [0.2, 0.25) is 0 Å². The molecular weight excluding hydrogens is 230 g/mol. The number of nitrogens with one attached hydrogen (secondary N) is 1. The summed E-state index contributed by atoms with van der Waals surface area (Å²) in [7, 11) is 0. The Labute approximate surface area is 97.1 Å². The molecule has 1 heterocycles. The molecule has 0 aliphatic carbocycles. The number of halogens is 2. The minimum atomic E-state index is -2.87. The fourth-order valence-corrected chi connectivity index (χ4v) is 2.54. The summed E-state index contributed by atoms with van der Waals surface area (Å²) < 4.78 is 26.8. The van der Waals surface area contributed by atoms with E-state index in [2.05, 4.69) is 0 Å². The van der Waals surface area contributed by atoms with Gasteiger partial charge in [-0.1, -0.05) is 30.0 Å². The maximum absolute atomic E-state index is 13.4. The number of nitrogens with zero attached hydrogens (tertiary/aromatic N) is 1. The highest BCUT2D eigenvalue weighted by Crippen LogP contribution is 2.36. The maximum atomic E-state index is 13.4. The predicted octanol–water partition coefficient (Wildman–Crippen LogP) is 3.29. The van der Waals surface area contributed by atoms with Gasteiger partial charge in [0.15, 0.2) is 5.17 Å². The Morgan fingerprint density at radius 3 is 2.62 bits per heavy atom. The Kier molecular flexibility index (Phi) is 2.88. The van der Waals surface area contributed by atoms with Crippen LogP contribution >= 0.6 is 11.8 Å². The number of hydrogen-bond donors (Lipinski definition) is 1. The van der Waals surface area contributed by atoms with E-state index in [1.165, 1.54) is 17.8 Å². The van der Waals surface area contributed by atoms with E-state index in [1.54, 1.807) is 23.1 Å². The molecule has 0 radical (unpaired) electrons. The lowest BCUT2D eigenvalue weighted by Gasteiger charge is -2.23. The number of hydrogen-bond acceptors (Lipinski definition) is 2. The number of rotatable bonds is 2. The first-order chi connectivity index (χ1) is 7.50. The van der Waals surface area contributed by atoms with Gasteiger partial charge in [0, 0.05) is 24.8 Å². The topological polar surface area (TPSA) is 27.1 Å². The van der Waals surface area contributed by atoms with Crippen LogP contribution in [0.4, 0.5) is 14.5 Å². The van der Waals surface area contributed by atoms with Gasteiger partial charge in [-0.2, -0.15) is 0 Å². The summed E-state index contributed by atoms with van der Waals surface area (Å²) in [5, 5.41) is 8.03. The number of thioether (sulfide) groups is 1. The van der Waals surface area contributed by atoms with Crippen molar-refractivity contribution in [2.45, 2.75) is 12.8 Å². The molecule has 1 aliphatic rings. The molecule has 1 saturated heterocycles. The van der Waals surface area contributed by atoms with E-state index in [4.69, 9.17) is 5.41 Å². The zero-order valence-corrected chi connectivity index (χ0v) is 9.65. The lowest BCUT2D eigenvalue weighted by atomic mass is 10.1. The normalized spacial score (nSPS) is 16.9. The van der Waals surface area contributed by atoms with Crippen molar-refractivity contribution in [2.75, 3.05) is 17.2 Å². The highest BCUT2D eigenvalue weighted by Gasteiger charge is 2.31. The first-order valence-corrected chi connectivity index (χ1v) is 5.95. The molecule has 0 spiro atoms. The summed E-state index contributed by atoms with van der Waals surface area (Å²) in [6, 6.07) is 6.39. The van der Waals surface area contributed by atoms with E-state index >= 15 is 0 Å². The van der Waals surface area contributed by atoms with Crippen LogP contribution in [0.25, 0.3) is 0 Å². The van der Waals surface area contributed by atoms with Crippen molar-refractivity contribution in [3.63, 3.8) is 0 Å². The van der Waals surface area contributed by atoms with Crippen LogP contribution in [-0.4, -0.2) is 17.5 Å². The molecule has 1 aromatic carbocycles. The summed E-state index contributed by atoms with van der Waals surface area (Å²) in [5.74, 6) is -2.09. The summed E-state index contributed by atoms with van der Waals surface area (Å²) in [5.41, 5.74) is 0.437. The fraction of sp³-hybridized carbons (Fsp3) is 0.364. The number of para-hydroxylation sites is 1. The lowest BCUT2D eigenvalue weighted by Crippen LogP contribution is -2.26. The Morgan fingerprint density at radius 2 is 2.06 bits per heavy atom. The molecule has 5 heteroatoms. The minimum absolute atomic E-state index is 0.0118. The van der Waals surface area contributed by atoms with E-state index in [0.29, 0.717) is 17.4 Å². The lowest BCUT2D eigenvalue weighted by molar-refractivity contribution is 0.0181. The third kappa shape index (κ3) is 2.04. The molecule has 0 aromatic heterocycles. The van der Waals surface area contributed by atoms with Gasteiger partial charge < -0.3 is 4.90 Å². The molecule has 16 heavy (non-hydrogen) atoms. The zero-order chi connectivity index (χ0) is 11.8. The van der Waals surface area contributed by atoms with Gasteiger partial charge in [0.25, 0.3) is 5.92 Å². The van der Waals surface area contributed by atoms with E-state index in [1.807, 2.05) is 0 Å². The molecule has 0 unspecified atom stereocenters. The van der Waals surface area contributed by atoms with Gasteiger partial charge >= 0.3 is 0 Å². The standard InChI is InChI=1S/C11H12F2N2S/c1-11(12,13)8-4-2-3-5-9(8)15-6-7-16-10(15)14/h2-5,14H,6-7H2,1H3. The van der Waals surface area contributed by atoms with E-state index in [9.17, 15) is 8.78 Å². The number of benzene rings is 1. The maximum Gasteiger partial charge on any atom is 0.272 e. The smallest absolute Gasteiger partial charge is 0.272 e. The first kappa shape index (κ1) is 11.4. The molecule has 0 saturated carbocycles. The minimum Gasteiger partial charge on any atom is -0.320 e. The molecule has 86 valence electrons. The molecule has 2 nitrogen and oxygen atoms in total. The molecule has 2 rings (SSSR count). The second-order valence-electron chi connectivity index (χ2n) is 3.71. The van der Waals surface area contributed by atoms with E-state index in [0.717, 1.165) is 12.7 Å². The summed E-state index contributed by atoms with van der Waals surface area (Å²) in [6.07, 6.45) is 0. The Bertz CT molecular complexity index is 415. The van der Waals surface area contributed by atoms with Gasteiger partial charge in [0.05, 0.1) is 5.69 Å². The number of alkyl halides is 2. The van der Waals surface area contributed by atoms with Gasteiger partial charge in [0.1, 0.15) is 0 Å². The molecule has 1 fully saturated rings. The molecule has 1 N–H and O–H groups in total. The predicted molar refractivity (Wildman–Crippen MR) is 63.5 cm³/mol. The van der Waals surface area contributed by atoms with Crippen LogP contribution in [-0.2, 0) is 5.92 Å². The van der Waals surface area contributed by atoms with E-state index < -0.39 is 5.92 Å². The highest BCUT2D eigenvalue weighted by atomic mass is 32.2. The van der Waals surface area contributed by atoms with E-state index in [-0.39, 0.29) is 5.56 Å². The molecule has 1 aliphatic heterocycles. The van der Waals surface area contributed by atoms with Crippen molar-refractivity contribution >= 4 is 22.6 Å². The molecule has 1 aromatic rings. The van der Waals surface area contributed by atoms with Crippen molar-refractivity contribution in [1.29, 1.82) is 5.41 Å². The third-order valence-corrected chi connectivity index (χ3v) is 3.35. The van der Waals surface area contributed by atoms with Crippen LogP contribution in [0.3, 0.4) is 0 Å². The van der Waals surface area contributed by atoms with Crippen LogP contribution in [0.1, 0.15) is 12.5 Å². The zero-order valence-electron chi connectivity index (χ0n) is 8.84. The monoisotopic (exact) mass is 242 g/mol. The SMILES string of the molecule is CC(F)(F)c1ccccc1N1CCSC1=N. The Balaban J connectivity index is 2.44. The van der Waals surface area contributed by atoms with Gasteiger partial charge in [-0.05, 0) is 6.07 Å². The van der Waals surface area contributed by atoms with Gasteiger partial charge in [-0.25, -0.2) is 8.78 Å². The average Bonchev–Trinajstić information content (AvgIpc) is 2.63. The summed E-state index contributed by atoms with van der Waals surface area (Å²) >= 11 is 1.38. The van der Waals surface area contributed by atoms with Crippen molar-refractivity contribution in [3.05, 3.63) is 29.8 Å². The molecule has 0 bridgehead atoms. The second kappa shape index (κ2) is 4.05. The average molecular weight is 242 g/mol. The summed E-state index contributed by atoms with van der Waals surface area (Å²) in [6.45, 7) is 1.51. The molecule has 0 atom stereocenters. The fourth-order valence-electron chi connectivity index (χ4n) is 1.72. The van der Waals surface area contributed by atoms with Crippen LogP contribution in [0.5, 0.6) is 0 Å². The van der Waals surface area contributed by atoms with Crippen LogP contribution < -0.4 is 4.90 Å². The second-order valence-corrected chi connectivity index (χ2v) is 4.79. The Hall–Kier alpha value is -1.10. The third-order valence-electron chi connectivity index (χ3n) is 2.47. The Morgan fingerprint density at radius 1 is 1.38 bits per heavy atom. The molecular formula is C11H12F2N2S. The van der Waals surface area contributed by atoms with Crippen molar-refractivity contribution < 1.29 is 8.78 Å². The summed E-state index contributed by atoms with van der Waals surface area (Å²) in [4.78, 5) is 1.64. The highest BCUT2D eigenvalue weighted by molar-refractivity contribution is 8.14. The van der Waals surface area contributed by atoms with Crippen molar-refractivity contribution in [2.24, 2.45) is 0 Å². The van der Waals surface area contributed by atoms with Gasteiger partial charge in [-0.15, -0.1) is 0 Å². The number of amidine groups is 1. The van der Waals surface area contributed by atoms with Gasteiger partial charge in [-0.3, -0.25) is 5.41 Å². The van der Waals surface area contributed by atoms with Gasteiger partial charge in [0.2, 0.25) is 0 Å². The van der Waals surface area contributed by atoms with Crippen LogP contribution in [0.15, 0.2) is 24.3 Å². The largest absolute Gasteiger partial charge is 0.320 e. The number of anilines is 1. The van der Waals surface area contributed by atoms with Crippen molar-refractivity contribution in [1.82, 2.24) is 0 Å². The molecule has 0 amide bonds. The quantitative estimate of drug-likeness (QED) is 0.861. The first-order valence-electron chi connectivity index (χ1n) is 4.96. The van der Waals surface area contributed by atoms with Crippen LogP contribution in [0, 0.1) is 5.41 Å².